The van der Waals surface area contributed by atoms with E-state index in [1.54, 1.807) is 0 Å². The largest absolute Gasteiger partial charge is 0.469 e. The smallest absolute Gasteiger partial charge is 0.312 e. The van der Waals surface area contributed by atoms with E-state index in [4.69, 9.17) is 4.74 Å². The number of carbonyl (C=O) groups is 1. The van der Waals surface area contributed by atoms with Crippen molar-refractivity contribution < 1.29 is 14.3 Å². The molecule has 5 heteroatoms. The van der Waals surface area contributed by atoms with Crippen LogP contribution in [0.25, 0.3) is 0 Å². The molecule has 1 heterocycles. The second-order valence-electron chi connectivity index (χ2n) is 2.50. The van der Waals surface area contributed by atoms with Gasteiger partial charge in [-0.05, 0) is 0 Å². The van der Waals surface area contributed by atoms with E-state index in [1.165, 1.54) is 7.11 Å². The maximum atomic E-state index is 11.0. The summed E-state index contributed by atoms with van der Waals surface area (Å²) < 4.78 is 9.75. The van der Waals surface area contributed by atoms with Crippen LogP contribution >= 0.6 is 12.4 Å². The molecule has 0 aromatic rings. The summed E-state index contributed by atoms with van der Waals surface area (Å²) in [6.07, 6.45) is 0. The zero-order chi connectivity index (χ0) is 8.10. The van der Waals surface area contributed by atoms with Gasteiger partial charge in [0.2, 0.25) is 0 Å². The fraction of sp³-hybridized carbons (Fsp3) is 0.857. The van der Waals surface area contributed by atoms with Crippen LogP contribution < -0.4 is 5.32 Å². The van der Waals surface area contributed by atoms with Crippen molar-refractivity contribution in [3.05, 3.63) is 0 Å². The van der Waals surface area contributed by atoms with Gasteiger partial charge in [-0.15, -0.1) is 12.4 Å². The molecule has 72 valence electrons. The molecule has 0 radical (unpaired) electrons. The van der Waals surface area contributed by atoms with Crippen molar-refractivity contribution in [1.82, 2.24) is 5.32 Å². The van der Waals surface area contributed by atoms with Crippen LogP contribution in [0, 0.1) is 5.92 Å². The molecule has 1 N–H and O–H groups in total. The minimum Gasteiger partial charge on any atom is -0.469 e. The third-order valence-corrected chi connectivity index (χ3v) is 1.67. The summed E-state index contributed by atoms with van der Waals surface area (Å²) in [5.74, 6) is -0.332. The summed E-state index contributed by atoms with van der Waals surface area (Å²) in [4.78, 5) is 11.0. The first kappa shape index (κ1) is 11.7. The van der Waals surface area contributed by atoms with Crippen LogP contribution in [0.1, 0.15) is 0 Å². The monoisotopic (exact) mass is 195 g/mol. The van der Waals surface area contributed by atoms with Gasteiger partial charge in [0.15, 0.2) is 0 Å². The maximum absolute atomic E-state index is 11.0. The lowest BCUT2D eigenvalue weighted by Crippen LogP contribution is -2.29. The molecule has 0 aromatic carbocycles. The summed E-state index contributed by atoms with van der Waals surface area (Å²) in [6, 6.07) is 0. The van der Waals surface area contributed by atoms with Crippen LogP contribution in [-0.2, 0) is 14.3 Å². The average molecular weight is 196 g/mol. The highest BCUT2D eigenvalue weighted by Gasteiger charge is 2.20. The van der Waals surface area contributed by atoms with Crippen molar-refractivity contribution in [2.45, 2.75) is 0 Å². The van der Waals surface area contributed by atoms with E-state index in [9.17, 15) is 4.79 Å². The highest BCUT2D eigenvalue weighted by atomic mass is 35.5. The summed E-state index contributed by atoms with van der Waals surface area (Å²) in [5, 5.41) is 3.09. The number of rotatable bonds is 1. The minimum atomic E-state index is -0.195. The highest BCUT2D eigenvalue weighted by molar-refractivity contribution is 5.85. The minimum absolute atomic E-state index is 0. The second kappa shape index (κ2) is 6.22. The third kappa shape index (κ3) is 3.38. The van der Waals surface area contributed by atoms with Crippen LogP contribution in [0.5, 0.6) is 0 Å². The van der Waals surface area contributed by atoms with E-state index >= 15 is 0 Å². The zero-order valence-electron chi connectivity index (χ0n) is 7.04. The molecule has 0 aromatic heterocycles. The Balaban J connectivity index is 0.00000121. The molecule has 0 spiro atoms. The van der Waals surface area contributed by atoms with Crippen LogP contribution in [0.15, 0.2) is 0 Å². The summed E-state index contributed by atoms with van der Waals surface area (Å²) >= 11 is 0. The van der Waals surface area contributed by atoms with Crippen molar-refractivity contribution in [2.24, 2.45) is 5.92 Å². The molecule has 0 bridgehead atoms. The summed E-state index contributed by atoms with van der Waals surface area (Å²) in [6.45, 7) is 2.62. The van der Waals surface area contributed by atoms with Gasteiger partial charge in [0.05, 0.1) is 26.2 Å². The Kier molecular flexibility index (Phi) is 6.06. The van der Waals surface area contributed by atoms with E-state index < -0.39 is 0 Å². The Morgan fingerprint density at radius 1 is 1.67 bits per heavy atom. The molecule has 1 fully saturated rings. The predicted octanol–water partition coefficient (Wildman–Crippen LogP) is -0.183. The van der Waals surface area contributed by atoms with Gasteiger partial charge < -0.3 is 14.8 Å². The van der Waals surface area contributed by atoms with Crippen LogP contribution in [-0.4, -0.2) is 39.4 Å². The van der Waals surface area contributed by atoms with Crippen molar-refractivity contribution in [3.8, 4) is 0 Å². The van der Waals surface area contributed by atoms with Gasteiger partial charge in [-0.25, -0.2) is 0 Å². The fourth-order valence-corrected chi connectivity index (χ4v) is 1.02. The van der Waals surface area contributed by atoms with Gasteiger partial charge in [-0.1, -0.05) is 0 Å². The third-order valence-electron chi connectivity index (χ3n) is 1.67. The van der Waals surface area contributed by atoms with E-state index in [0.717, 1.165) is 6.54 Å². The number of ether oxygens (including phenoxy) is 2. The normalized spacial score (nSPS) is 23.6. The molecule has 1 aliphatic rings. The molecule has 4 nitrogen and oxygen atoms in total. The lowest BCUT2D eigenvalue weighted by atomic mass is 10.2. The molecule has 12 heavy (non-hydrogen) atoms. The Hall–Kier alpha value is -0.320. The van der Waals surface area contributed by atoms with Gasteiger partial charge in [0.1, 0.15) is 0 Å². The molecular formula is C7H14ClNO3. The van der Waals surface area contributed by atoms with E-state index in [2.05, 4.69) is 10.1 Å². The quantitative estimate of drug-likeness (QED) is 0.590. The zero-order valence-corrected chi connectivity index (χ0v) is 7.86. The Morgan fingerprint density at radius 2 is 2.42 bits per heavy atom. The molecule has 1 unspecified atom stereocenters. The molecule has 1 atom stereocenters. The van der Waals surface area contributed by atoms with Crippen molar-refractivity contribution in [2.75, 3.05) is 33.4 Å². The first-order chi connectivity index (χ1) is 5.34. The number of esters is 1. The first-order valence-electron chi connectivity index (χ1n) is 3.71. The van der Waals surface area contributed by atoms with E-state index in [0.29, 0.717) is 19.8 Å². The predicted molar refractivity (Wildman–Crippen MR) is 46.4 cm³/mol. The Morgan fingerprint density at radius 3 is 3.08 bits per heavy atom. The number of methoxy groups -OCH3 is 1. The van der Waals surface area contributed by atoms with Crippen molar-refractivity contribution in [1.29, 1.82) is 0 Å². The number of hydrogen-bond donors (Lipinski definition) is 1. The standard InChI is InChI=1S/C7H13NO3.ClH/c1-10-7(9)6-4-8-2-3-11-5-6;/h6,8H,2-5H2,1H3;1H. The van der Waals surface area contributed by atoms with E-state index in [1.807, 2.05) is 0 Å². The van der Waals surface area contributed by atoms with Crippen LogP contribution in [0.2, 0.25) is 0 Å². The fourth-order valence-electron chi connectivity index (χ4n) is 1.02. The lowest BCUT2D eigenvalue weighted by molar-refractivity contribution is -0.146. The molecule has 1 aliphatic heterocycles. The molecular weight excluding hydrogens is 182 g/mol. The van der Waals surface area contributed by atoms with Crippen LogP contribution in [0.3, 0.4) is 0 Å². The molecule has 0 saturated carbocycles. The lowest BCUT2D eigenvalue weighted by Gasteiger charge is -2.09. The topological polar surface area (TPSA) is 47.6 Å². The number of halogens is 1. The van der Waals surface area contributed by atoms with Gasteiger partial charge >= 0.3 is 5.97 Å². The van der Waals surface area contributed by atoms with Gasteiger partial charge in [-0.2, -0.15) is 0 Å². The summed E-state index contributed by atoms with van der Waals surface area (Å²) in [5.41, 5.74) is 0. The second-order valence-corrected chi connectivity index (χ2v) is 2.50. The first-order valence-corrected chi connectivity index (χ1v) is 3.71. The number of carbonyl (C=O) groups excluding carboxylic acids is 1. The molecule has 1 saturated heterocycles. The van der Waals surface area contributed by atoms with Gasteiger partial charge in [0.25, 0.3) is 0 Å². The SMILES string of the molecule is COC(=O)C1CNCCOC1.Cl. The number of nitrogens with one attached hydrogen (secondary N) is 1. The molecule has 0 amide bonds. The Bertz CT molecular complexity index is 135. The van der Waals surface area contributed by atoms with Crippen LogP contribution in [0.4, 0.5) is 0 Å². The molecule has 1 rings (SSSR count). The summed E-state index contributed by atoms with van der Waals surface area (Å²) in [7, 11) is 1.40. The van der Waals surface area contributed by atoms with Gasteiger partial charge in [0, 0.05) is 13.1 Å². The van der Waals surface area contributed by atoms with Gasteiger partial charge in [-0.3, -0.25) is 4.79 Å². The number of hydrogen-bond acceptors (Lipinski definition) is 4. The van der Waals surface area contributed by atoms with E-state index in [-0.39, 0.29) is 24.3 Å². The molecule has 0 aliphatic carbocycles. The Labute approximate surface area is 78.0 Å². The van der Waals surface area contributed by atoms with Crippen molar-refractivity contribution >= 4 is 18.4 Å². The average Bonchev–Trinajstić information content (AvgIpc) is 2.30. The van der Waals surface area contributed by atoms with Crippen molar-refractivity contribution in [3.63, 3.8) is 0 Å². The highest BCUT2D eigenvalue weighted by Crippen LogP contribution is 2.01. The maximum Gasteiger partial charge on any atom is 0.312 e.